The third-order valence-electron chi connectivity index (χ3n) is 4.18. The Kier molecular flexibility index (Phi) is 3.65. The van der Waals surface area contributed by atoms with Gasteiger partial charge in [-0.05, 0) is 59.4 Å². The number of rotatable bonds is 3. The molecule has 0 radical (unpaired) electrons. The molecule has 1 aliphatic carbocycles. The molecule has 0 saturated heterocycles. The third-order valence-corrected chi connectivity index (χ3v) is 4.18. The molecular formula is C18H18O3. The molecule has 0 saturated carbocycles. The van der Waals surface area contributed by atoms with Crippen molar-refractivity contribution in [1.82, 2.24) is 0 Å². The normalized spacial score (nSPS) is 18.3. The fraction of sp³-hybridized carbons (Fsp3) is 0.278. The molecule has 0 aliphatic heterocycles. The summed E-state index contributed by atoms with van der Waals surface area (Å²) in [5.41, 5.74) is 2.45. The van der Waals surface area contributed by atoms with E-state index in [1.165, 1.54) is 16.5 Å². The predicted molar refractivity (Wildman–Crippen MR) is 83.5 cm³/mol. The van der Waals surface area contributed by atoms with Gasteiger partial charge in [-0.1, -0.05) is 24.3 Å². The molecule has 1 N–H and O–H groups in total. The summed E-state index contributed by atoms with van der Waals surface area (Å²) in [7, 11) is 1.67. The van der Waals surface area contributed by atoms with E-state index in [-0.39, 0.29) is 5.92 Å². The van der Waals surface area contributed by atoms with Crippen LogP contribution in [0.5, 0.6) is 5.75 Å². The van der Waals surface area contributed by atoms with Crippen molar-refractivity contribution in [1.29, 1.82) is 0 Å². The van der Waals surface area contributed by atoms with E-state index in [2.05, 4.69) is 30.3 Å². The van der Waals surface area contributed by atoms with Crippen LogP contribution in [0.25, 0.3) is 16.3 Å². The van der Waals surface area contributed by atoms with Crippen LogP contribution in [-0.2, 0) is 4.79 Å². The molecule has 108 valence electrons. The minimum Gasteiger partial charge on any atom is -0.497 e. The van der Waals surface area contributed by atoms with Crippen LogP contribution < -0.4 is 4.74 Å². The standard InChI is InChI=1S/C18H18O3/c1-21-17-9-8-15-10-14(6-7-16(15)11-17)12-2-4-13(5-3-12)18(19)20/h2,6-11,13H,3-5H2,1H3,(H,19,20). The van der Waals surface area contributed by atoms with E-state index in [1.54, 1.807) is 7.11 Å². The van der Waals surface area contributed by atoms with E-state index in [0.29, 0.717) is 6.42 Å². The molecule has 0 heterocycles. The van der Waals surface area contributed by atoms with E-state index in [9.17, 15) is 4.79 Å². The Morgan fingerprint density at radius 3 is 2.62 bits per heavy atom. The summed E-state index contributed by atoms with van der Waals surface area (Å²) in [5, 5.41) is 11.4. The fourth-order valence-corrected chi connectivity index (χ4v) is 2.87. The summed E-state index contributed by atoms with van der Waals surface area (Å²) < 4.78 is 5.24. The number of benzene rings is 2. The first-order chi connectivity index (χ1) is 10.2. The van der Waals surface area contributed by atoms with Crippen molar-refractivity contribution in [3.8, 4) is 5.75 Å². The van der Waals surface area contributed by atoms with Gasteiger partial charge in [0.15, 0.2) is 0 Å². The van der Waals surface area contributed by atoms with Crippen molar-refractivity contribution in [2.45, 2.75) is 19.3 Å². The average Bonchev–Trinajstić information content (AvgIpc) is 2.54. The van der Waals surface area contributed by atoms with Crippen molar-refractivity contribution in [2.75, 3.05) is 7.11 Å². The largest absolute Gasteiger partial charge is 0.497 e. The molecule has 2 aromatic carbocycles. The van der Waals surface area contributed by atoms with Crippen LogP contribution in [0.15, 0.2) is 42.5 Å². The lowest BCUT2D eigenvalue weighted by molar-refractivity contribution is -0.141. The summed E-state index contributed by atoms with van der Waals surface area (Å²) in [6.45, 7) is 0. The van der Waals surface area contributed by atoms with Crippen molar-refractivity contribution in [3.05, 3.63) is 48.0 Å². The highest BCUT2D eigenvalue weighted by atomic mass is 16.5. The predicted octanol–water partition coefficient (Wildman–Crippen LogP) is 4.12. The van der Waals surface area contributed by atoms with E-state index < -0.39 is 5.97 Å². The minimum absolute atomic E-state index is 0.224. The maximum Gasteiger partial charge on any atom is 0.306 e. The molecule has 3 rings (SSSR count). The van der Waals surface area contributed by atoms with Crippen molar-refractivity contribution in [3.63, 3.8) is 0 Å². The Hall–Kier alpha value is -2.29. The number of allylic oxidation sites excluding steroid dienone is 2. The van der Waals surface area contributed by atoms with E-state index in [4.69, 9.17) is 9.84 Å². The highest BCUT2D eigenvalue weighted by Gasteiger charge is 2.21. The molecule has 1 atom stereocenters. The number of carboxylic acids is 1. The Morgan fingerprint density at radius 1 is 1.19 bits per heavy atom. The van der Waals surface area contributed by atoms with E-state index in [1.807, 2.05) is 12.1 Å². The lowest BCUT2D eigenvalue weighted by Crippen LogP contribution is -2.15. The first-order valence-electron chi connectivity index (χ1n) is 7.17. The summed E-state index contributed by atoms with van der Waals surface area (Å²) >= 11 is 0. The topological polar surface area (TPSA) is 46.5 Å². The summed E-state index contributed by atoms with van der Waals surface area (Å²) in [5.74, 6) is -0.0502. The third kappa shape index (κ3) is 2.77. The molecule has 1 unspecified atom stereocenters. The fourth-order valence-electron chi connectivity index (χ4n) is 2.87. The Labute approximate surface area is 123 Å². The van der Waals surface area contributed by atoms with Crippen molar-refractivity contribution < 1.29 is 14.6 Å². The highest BCUT2D eigenvalue weighted by molar-refractivity contribution is 5.87. The van der Waals surface area contributed by atoms with Gasteiger partial charge in [0.1, 0.15) is 5.75 Å². The Bertz CT molecular complexity index is 715. The number of hydrogen-bond acceptors (Lipinski definition) is 2. The molecule has 2 aromatic rings. The van der Waals surface area contributed by atoms with Gasteiger partial charge < -0.3 is 9.84 Å². The Balaban J connectivity index is 1.90. The van der Waals surface area contributed by atoms with E-state index in [0.717, 1.165) is 24.0 Å². The first-order valence-corrected chi connectivity index (χ1v) is 7.17. The maximum absolute atomic E-state index is 11.0. The molecule has 3 nitrogen and oxygen atoms in total. The van der Waals surface area contributed by atoms with Gasteiger partial charge in [-0.15, -0.1) is 0 Å². The number of carbonyl (C=O) groups is 1. The molecule has 0 amide bonds. The lowest BCUT2D eigenvalue weighted by atomic mass is 9.86. The number of methoxy groups -OCH3 is 1. The van der Waals surface area contributed by atoms with Crippen molar-refractivity contribution in [2.24, 2.45) is 5.92 Å². The second-order valence-electron chi connectivity index (χ2n) is 5.47. The van der Waals surface area contributed by atoms with E-state index >= 15 is 0 Å². The van der Waals surface area contributed by atoms with Gasteiger partial charge in [0.25, 0.3) is 0 Å². The van der Waals surface area contributed by atoms with Crippen LogP contribution in [0.2, 0.25) is 0 Å². The van der Waals surface area contributed by atoms with Gasteiger partial charge >= 0.3 is 5.97 Å². The molecule has 21 heavy (non-hydrogen) atoms. The van der Waals surface area contributed by atoms with Gasteiger partial charge in [0.05, 0.1) is 13.0 Å². The molecular weight excluding hydrogens is 264 g/mol. The monoisotopic (exact) mass is 282 g/mol. The average molecular weight is 282 g/mol. The SMILES string of the molecule is COc1ccc2cc(C3=CCC(C(=O)O)CC3)ccc2c1. The summed E-state index contributed by atoms with van der Waals surface area (Å²) in [6, 6.07) is 12.4. The zero-order chi connectivity index (χ0) is 14.8. The zero-order valence-electron chi connectivity index (χ0n) is 12.0. The van der Waals surface area contributed by atoms with Crippen molar-refractivity contribution >= 4 is 22.3 Å². The number of aliphatic carboxylic acids is 1. The number of ether oxygens (including phenoxy) is 1. The summed E-state index contributed by atoms with van der Waals surface area (Å²) in [6.07, 6.45) is 4.26. The highest BCUT2D eigenvalue weighted by Crippen LogP contribution is 2.32. The van der Waals surface area contributed by atoms with Crippen LogP contribution in [0.1, 0.15) is 24.8 Å². The van der Waals surface area contributed by atoms with Gasteiger partial charge in [-0.25, -0.2) is 0 Å². The van der Waals surface area contributed by atoms with Crippen LogP contribution in [0.3, 0.4) is 0 Å². The molecule has 0 spiro atoms. The molecule has 0 fully saturated rings. The molecule has 0 bridgehead atoms. The quantitative estimate of drug-likeness (QED) is 0.921. The second-order valence-corrected chi connectivity index (χ2v) is 5.47. The summed E-state index contributed by atoms with van der Waals surface area (Å²) in [4.78, 5) is 11.0. The maximum atomic E-state index is 11.0. The smallest absolute Gasteiger partial charge is 0.306 e. The zero-order valence-corrected chi connectivity index (χ0v) is 12.0. The van der Waals surface area contributed by atoms with Gasteiger partial charge in [0, 0.05) is 0 Å². The molecule has 1 aliphatic rings. The van der Waals surface area contributed by atoms with Crippen LogP contribution in [0.4, 0.5) is 0 Å². The first kappa shape index (κ1) is 13.7. The van der Waals surface area contributed by atoms with Crippen LogP contribution in [0, 0.1) is 5.92 Å². The number of carboxylic acid groups (broad SMARTS) is 1. The number of fused-ring (bicyclic) bond motifs is 1. The lowest BCUT2D eigenvalue weighted by Gasteiger charge is -2.19. The van der Waals surface area contributed by atoms with Crippen LogP contribution in [-0.4, -0.2) is 18.2 Å². The van der Waals surface area contributed by atoms with Gasteiger partial charge in [0.2, 0.25) is 0 Å². The van der Waals surface area contributed by atoms with Crippen LogP contribution >= 0.6 is 0 Å². The molecule has 3 heteroatoms. The second kappa shape index (κ2) is 5.60. The Morgan fingerprint density at radius 2 is 1.95 bits per heavy atom. The molecule has 0 aromatic heterocycles. The van der Waals surface area contributed by atoms with Gasteiger partial charge in [-0.2, -0.15) is 0 Å². The minimum atomic E-state index is -0.684. The van der Waals surface area contributed by atoms with Gasteiger partial charge in [-0.3, -0.25) is 4.79 Å². The number of hydrogen-bond donors (Lipinski definition) is 1.